The third-order valence-corrected chi connectivity index (χ3v) is 3.35. The highest BCUT2D eigenvalue weighted by molar-refractivity contribution is 5.26. The first-order valence-corrected chi connectivity index (χ1v) is 6.92. The van der Waals surface area contributed by atoms with Crippen molar-refractivity contribution in [2.75, 3.05) is 14.2 Å². The first-order chi connectivity index (χ1) is 8.76. The second-order valence-electron chi connectivity index (χ2n) is 4.69. The lowest BCUT2D eigenvalue weighted by Gasteiger charge is -2.18. The maximum absolute atomic E-state index is 5.52. The van der Waals surface area contributed by atoms with Crippen LogP contribution in [-0.4, -0.2) is 14.2 Å². The molecule has 2 atom stereocenters. The van der Waals surface area contributed by atoms with Crippen molar-refractivity contribution in [2.45, 2.75) is 51.7 Å². The van der Waals surface area contributed by atoms with Crippen LogP contribution in [0.1, 0.15) is 62.9 Å². The lowest BCUT2D eigenvalue weighted by Crippen LogP contribution is -2.04. The SMILES string of the molecule is CCCC(OC)c1ccc(C(CCC)OC)cc1. The molecule has 0 aliphatic rings. The monoisotopic (exact) mass is 250 g/mol. The van der Waals surface area contributed by atoms with Crippen LogP contribution in [0.15, 0.2) is 24.3 Å². The molecular formula is C16H26O2. The normalized spacial score (nSPS) is 14.4. The van der Waals surface area contributed by atoms with E-state index in [4.69, 9.17) is 9.47 Å². The minimum atomic E-state index is 0.219. The molecule has 0 aliphatic carbocycles. The third kappa shape index (κ3) is 4.11. The van der Waals surface area contributed by atoms with Gasteiger partial charge in [-0.2, -0.15) is 0 Å². The van der Waals surface area contributed by atoms with E-state index in [1.807, 2.05) is 0 Å². The van der Waals surface area contributed by atoms with Gasteiger partial charge in [-0.3, -0.25) is 0 Å². The van der Waals surface area contributed by atoms with Crippen LogP contribution >= 0.6 is 0 Å². The second-order valence-corrected chi connectivity index (χ2v) is 4.69. The van der Waals surface area contributed by atoms with Crippen molar-refractivity contribution in [2.24, 2.45) is 0 Å². The predicted octanol–water partition coefficient (Wildman–Crippen LogP) is 4.66. The van der Waals surface area contributed by atoms with Crippen LogP contribution in [-0.2, 0) is 9.47 Å². The summed E-state index contributed by atoms with van der Waals surface area (Å²) in [4.78, 5) is 0. The summed E-state index contributed by atoms with van der Waals surface area (Å²) in [5.41, 5.74) is 2.52. The Morgan fingerprint density at radius 1 is 0.778 bits per heavy atom. The Morgan fingerprint density at radius 2 is 1.11 bits per heavy atom. The summed E-state index contributed by atoms with van der Waals surface area (Å²) >= 11 is 0. The molecule has 1 rings (SSSR count). The van der Waals surface area contributed by atoms with Crippen LogP contribution in [0.5, 0.6) is 0 Å². The maximum atomic E-state index is 5.52. The minimum absolute atomic E-state index is 0.219. The second kappa shape index (κ2) is 8.28. The topological polar surface area (TPSA) is 18.5 Å². The van der Waals surface area contributed by atoms with Crippen molar-refractivity contribution >= 4 is 0 Å². The number of benzene rings is 1. The molecular weight excluding hydrogens is 224 g/mol. The van der Waals surface area contributed by atoms with Crippen molar-refractivity contribution in [3.63, 3.8) is 0 Å². The van der Waals surface area contributed by atoms with E-state index >= 15 is 0 Å². The van der Waals surface area contributed by atoms with Gasteiger partial charge in [0.25, 0.3) is 0 Å². The molecule has 0 heterocycles. The van der Waals surface area contributed by atoms with E-state index < -0.39 is 0 Å². The van der Waals surface area contributed by atoms with E-state index in [0.717, 1.165) is 25.7 Å². The lowest BCUT2D eigenvalue weighted by molar-refractivity contribution is 0.0922. The summed E-state index contributed by atoms with van der Waals surface area (Å²) in [6, 6.07) is 8.67. The summed E-state index contributed by atoms with van der Waals surface area (Å²) in [5.74, 6) is 0. The summed E-state index contributed by atoms with van der Waals surface area (Å²) in [5, 5.41) is 0. The number of rotatable bonds is 8. The van der Waals surface area contributed by atoms with Crippen molar-refractivity contribution in [3.05, 3.63) is 35.4 Å². The summed E-state index contributed by atoms with van der Waals surface area (Å²) < 4.78 is 11.0. The van der Waals surface area contributed by atoms with Gasteiger partial charge in [0.15, 0.2) is 0 Å². The Kier molecular flexibility index (Phi) is 6.99. The van der Waals surface area contributed by atoms with Crippen LogP contribution in [0.4, 0.5) is 0 Å². The third-order valence-electron chi connectivity index (χ3n) is 3.35. The van der Waals surface area contributed by atoms with Crippen molar-refractivity contribution in [3.8, 4) is 0 Å². The fourth-order valence-electron chi connectivity index (χ4n) is 2.29. The Balaban J connectivity index is 2.77. The van der Waals surface area contributed by atoms with E-state index in [0.29, 0.717) is 0 Å². The van der Waals surface area contributed by atoms with Gasteiger partial charge < -0.3 is 9.47 Å². The van der Waals surface area contributed by atoms with E-state index in [9.17, 15) is 0 Å². The molecule has 0 N–H and O–H groups in total. The van der Waals surface area contributed by atoms with Crippen LogP contribution in [0.2, 0.25) is 0 Å². The summed E-state index contributed by atoms with van der Waals surface area (Å²) in [7, 11) is 3.56. The Bertz CT molecular complexity index is 285. The molecule has 1 aromatic rings. The zero-order valence-corrected chi connectivity index (χ0v) is 12.1. The predicted molar refractivity (Wildman–Crippen MR) is 75.8 cm³/mol. The summed E-state index contributed by atoms with van der Waals surface area (Å²) in [6.07, 6.45) is 4.84. The van der Waals surface area contributed by atoms with E-state index in [1.54, 1.807) is 14.2 Å². The van der Waals surface area contributed by atoms with Crippen LogP contribution in [0.3, 0.4) is 0 Å². The molecule has 0 aliphatic heterocycles. The molecule has 0 fully saturated rings. The number of ether oxygens (including phenoxy) is 2. The maximum Gasteiger partial charge on any atom is 0.0821 e. The molecule has 0 amide bonds. The van der Waals surface area contributed by atoms with Crippen LogP contribution < -0.4 is 0 Å². The molecule has 0 saturated carbocycles. The van der Waals surface area contributed by atoms with Crippen molar-refractivity contribution in [1.29, 1.82) is 0 Å². The molecule has 0 bridgehead atoms. The van der Waals surface area contributed by atoms with Gasteiger partial charge in [0.05, 0.1) is 12.2 Å². The highest BCUT2D eigenvalue weighted by atomic mass is 16.5. The molecule has 1 aromatic carbocycles. The molecule has 102 valence electrons. The highest BCUT2D eigenvalue weighted by Gasteiger charge is 2.12. The van der Waals surface area contributed by atoms with Crippen molar-refractivity contribution in [1.82, 2.24) is 0 Å². The van der Waals surface area contributed by atoms with E-state index in [1.165, 1.54) is 11.1 Å². The zero-order chi connectivity index (χ0) is 13.4. The first kappa shape index (κ1) is 15.2. The lowest BCUT2D eigenvalue weighted by atomic mass is 9.99. The van der Waals surface area contributed by atoms with Gasteiger partial charge in [0.2, 0.25) is 0 Å². The van der Waals surface area contributed by atoms with E-state index in [2.05, 4.69) is 38.1 Å². The highest BCUT2D eigenvalue weighted by Crippen LogP contribution is 2.26. The molecule has 2 heteroatoms. The number of methoxy groups -OCH3 is 2. The Morgan fingerprint density at radius 3 is 1.33 bits per heavy atom. The number of hydrogen-bond donors (Lipinski definition) is 0. The molecule has 0 radical (unpaired) electrons. The molecule has 18 heavy (non-hydrogen) atoms. The van der Waals surface area contributed by atoms with Crippen molar-refractivity contribution < 1.29 is 9.47 Å². The minimum Gasteiger partial charge on any atom is -0.377 e. The van der Waals surface area contributed by atoms with Crippen LogP contribution in [0.25, 0.3) is 0 Å². The van der Waals surface area contributed by atoms with Gasteiger partial charge in [0.1, 0.15) is 0 Å². The standard InChI is InChI=1S/C16H26O2/c1-5-7-15(17-3)13-9-11-14(12-10-13)16(18-4)8-6-2/h9-12,15-16H,5-8H2,1-4H3. The Labute approximate surface area is 111 Å². The summed E-state index contributed by atoms with van der Waals surface area (Å²) in [6.45, 7) is 4.37. The van der Waals surface area contributed by atoms with Gasteiger partial charge in [-0.1, -0.05) is 51.0 Å². The van der Waals surface area contributed by atoms with Gasteiger partial charge >= 0.3 is 0 Å². The number of hydrogen-bond acceptors (Lipinski definition) is 2. The van der Waals surface area contributed by atoms with E-state index in [-0.39, 0.29) is 12.2 Å². The molecule has 2 nitrogen and oxygen atoms in total. The first-order valence-electron chi connectivity index (χ1n) is 6.92. The molecule has 0 aromatic heterocycles. The molecule has 0 spiro atoms. The van der Waals surface area contributed by atoms with Gasteiger partial charge in [-0.05, 0) is 24.0 Å². The van der Waals surface area contributed by atoms with Gasteiger partial charge in [-0.15, -0.1) is 0 Å². The molecule has 2 unspecified atom stereocenters. The van der Waals surface area contributed by atoms with Gasteiger partial charge in [0, 0.05) is 14.2 Å². The average Bonchev–Trinajstić information content (AvgIpc) is 2.42. The zero-order valence-electron chi connectivity index (χ0n) is 12.1. The average molecular weight is 250 g/mol. The smallest absolute Gasteiger partial charge is 0.0821 e. The van der Waals surface area contributed by atoms with Crippen LogP contribution in [0, 0.1) is 0 Å². The quantitative estimate of drug-likeness (QED) is 0.668. The van der Waals surface area contributed by atoms with Gasteiger partial charge in [-0.25, -0.2) is 0 Å². The fraction of sp³-hybridized carbons (Fsp3) is 0.625. The fourth-order valence-corrected chi connectivity index (χ4v) is 2.29. The Hall–Kier alpha value is -0.860. The largest absolute Gasteiger partial charge is 0.377 e. The molecule has 0 saturated heterocycles.